The fraction of sp³-hybridized carbons (Fsp3) is 0.940. The van der Waals surface area contributed by atoms with Crippen LogP contribution in [0, 0.1) is 56.7 Å². The van der Waals surface area contributed by atoms with Crippen molar-refractivity contribution >= 4 is 5.97 Å². The van der Waals surface area contributed by atoms with Crippen molar-refractivity contribution in [3.8, 4) is 0 Å². The van der Waals surface area contributed by atoms with Crippen LogP contribution in [0.3, 0.4) is 0 Å². The van der Waals surface area contributed by atoms with Crippen LogP contribution < -0.4 is 0 Å². The smallest absolute Gasteiger partial charge is 0.306 e. The van der Waals surface area contributed by atoms with Gasteiger partial charge in [0.2, 0.25) is 0 Å². The fourth-order valence-corrected chi connectivity index (χ4v) is 14.9. The van der Waals surface area contributed by atoms with Gasteiger partial charge in [0.15, 0.2) is 0 Å². The average molecular weight is 737 g/mol. The normalized spacial score (nSPS) is 40.1. The van der Waals surface area contributed by atoms with Crippen molar-refractivity contribution in [2.45, 2.75) is 241 Å². The van der Waals surface area contributed by atoms with Gasteiger partial charge in [-0.1, -0.05) is 163 Å². The summed E-state index contributed by atoms with van der Waals surface area (Å²) in [5, 5.41) is 12.0. The Morgan fingerprint density at radius 3 is 1.72 bits per heavy atom. The van der Waals surface area contributed by atoms with Gasteiger partial charge in [0, 0.05) is 11.8 Å². The molecule has 0 amide bonds. The van der Waals surface area contributed by atoms with Gasteiger partial charge < -0.3 is 9.84 Å². The number of unbranched alkanes of at least 4 members (excludes halogenated alkanes) is 16. The van der Waals surface area contributed by atoms with E-state index in [0.29, 0.717) is 36.0 Å². The minimum absolute atomic E-state index is 0.0167. The van der Waals surface area contributed by atoms with E-state index < -0.39 is 0 Å². The summed E-state index contributed by atoms with van der Waals surface area (Å²) >= 11 is 0. The third kappa shape index (κ3) is 8.71. The summed E-state index contributed by atoms with van der Waals surface area (Å²) in [4.78, 5) is 13.2. The van der Waals surface area contributed by atoms with Gasteiger partial charge in [0.05, 0.1) is 6.10 Å². The van der Waals surface area contributed by atoms with E-state index in [0.717, 1.165) is 38.5 Å². The molecule has 3 nitrogen and oxygen atoms in total. The average Bonchev–Trinajstić information content (AvgIpc) is 3.47. The van der Waals surface area contributed by atoms with E-state index in [4.69, 9.17) is 4.74 Å². The number of allylic oxidation sites excluding steroid dienone is 1. The van der Waals surface area contributed by atoms with E-state index in [9.17, 15) is 9.90 Å². The van der Waals surface area contributed by atoms with Crippen LogP contribution in [0.4, 0.5) is 0 Å². The Balaban J connectivity index is 1.04. The van der Waals surface area contributed by atoms with Gasteiger partial charge in [-0.25, -0.2) is 0 Å². The number of esters is 1. The van der Waals surface area contributed by atoms with Crippen LogP contribution in [0.2, 0.25) is 0 Å². The van der Waals surface area contributed by atoms with Gasteiger partial charge in [-0.3, -0.25) is 4.79 Å². The maximum absolute atomic E-state index is 13.2. The summed E-state index contributed by atoms with van der Waals surface area (Å²) in [6, 6.07) is 0. The summed E-state index contributed by atoms with van der Waals surface area (Å²) in [6.45, 7) is 24.2. The lowest BCUT2D eigenvalue weighted by molar-refractivity contribution is -0.262. The molecule has 0 radical (unpaired) electrons. The predicted molar refractivity (Wildman–Crippen MR) is 225 cm³/mol. The third-order valence-corrected chi connectivity index (χ3v) is 18.3. The molecule has 0 heterocycles. The molecule has 0 aromatic heterocycles. The van der Waals surface area contributed by atoms with Crippen molar-refractivity contribution in [2.24, 2.45) is 56.7 Å². The highest BCUT2D eigenvalue weighted by molar-refractivity contribution is 5.69. The molecule has 5 aliphatic carbocycles. The van der Waals surface area contributed by atoms with Crippen molar-refractivity contribution in [3.63, 3.8) is 0 Å². The Bertz CT molecular complexity index is 1190. The SMILES string of the molecule is C=C(C)[C@@H]1CC[C@@]2(C)[C@H]1[C@H]1CC[C@@H]3[C@@]4(C)CC[C@H](OC(=O)CCCCCCCCCCCCCCCCCCC)C(C)(C)[C@@H]4CC[C@@]3(C)[C@]1(C)C[C@@H]2O. The van der Waals surface area contributed by atoms with Crippen LogP contribution in [0.1, 0.15) is 229 Å². The van der Waals surface area contributed by atoms with E-state index >= 15 is 0 Å². The first-order valence-corrected chi connectivity index (χ1v) is 23.7. The molecule has 306 valence electrons. The van der Waals surface area contributed by atoms with Crippen LogP contribution in [-0.4, -0.2) is 23.3 Å². The first-order valence-electron chi connectivity index (χ1n) is 23.7. The third-order valence-electron chi connectivity index (χ3n) is 18.3. The Hall–Kier alpha value is -0.830. The summed E-state index contributed by atoms with van der Waals surface area (Å²) in [5.41, 5.74) is 1.98. The second-order valence-corrected chi connectivity index (χ2v) is 21.7. The second-order valence-electron chi connectivity index (χ2n) is 21.7. The molecule has 5 fully saturated rings. The highest BCUT2D eigenvalue weighted by Gasteiger charge is 2.72. The Morgan fingerprint density at radius 1 is 0.642 bits per heavy atom. The van der Waals surface area contributed by atoms with Crippen LogP contribution in [0.15, 0.2) is 12.2 Å². The minimum Gasteiger partial charge on any atom is -0.462 e. The number of aliphatic hydroxyl groups excluding tert-OH is 1. The molecular weight excluding hydrogens is 649 g/mol. The van der Waals surface area contributed by atoms with Crippen LogP contribution >= 0.6 is 0 Å². The van der Waals surface area contributed by atoms with Crippen LogP contribution in [0.5, 0.6) is 0 Å². The van der Waals surface area contributed by atoms with Gasteiger partial charge in [-0.2, -0.15) is 0 Å². The van der Waals surface area contributed by atoms with Crippen molar-refractivity contribution in [1.82, 2.24) is 0 Å². The topological polar surface area (TPSA) is 46.5 Å². The maximum Gasteiger partial charge on any atom is 0.306 e. The first kappa shape index (κ1) is 43.3. The maximum atomic E-state index is 13.2. The molecule has 53 heavy (non-hydrogen) atoms. The van der Waals surface area contributed by atoms with Gasteiger partial charge >= 0.3 is 5.97 Å². The molecule has 3 heteroatoms. The minimum atomic E-state index is -0.218. The molecule has 0 aliphatic heterocycles. The number of fused-ring (bicyclic) bond motifs is 7. The summed E-state index contributed by atoms with van der Waals surface area (Å²) in [6.07, 6.45) is 34.0. The van der Waals surface area contributed by atoms with E-state index in [1.165, 1.54) is 134 Å². The number of carbonyl (C=O) groups excluding carboxylic acids is 1. The van der Waals surface area contributed by atoms with Crippen LogP contribution in [0.25, 0.3) is 0 Å². The van der Waals surface area contributed by atoms with E-state index in [1.807, 2.05) is 0 Å². The first-order chi connectivity index (χ1) is 25.2. The molecular formula is C50H88O3. The highest BCUT2D eigenvalue weighted by atomic mass is 16.5. The molecule has 0 spiro atoms. The quantitative estimate of drug-likeness (QED) is 0.0769. The number of carbonyl (C=O) groups is 1. The predicted octanol–water partition coefficient (Wildman–Crippen LogP) is 14.6. The Morgan fingerprint density at radius 2 is 1.17 bits per heavy atom. The van der Waals surface area contributed by atoms with Crippen molar-refractivity contribution in [1.29, 1.82) is 0 Å². The number of hydrogen-bond acceptors (Lipinski definition) is 3. The summed E-state index contributed by atoms with van der Waals surface area (Å²) in [7, 11) is 0. The molecule has 0 unspecified atom stereocenters. The molecule has 5 saturated carbocycles. The molecule has 5 aliphatic rings. The zero-order valence-corrected chi connectivity index (χ0v) is 36.6. The van der Waals surface area contributed by atoms with Gasteiger partial charge in [0.1, 0.15) is 6.10 Å². The summed E-state index contributed by atoms with van der Waals surface area (Å²) < 4.78 is 6.42. The molecule has 0 bridgehead atoms. The van der Waals surface area contributed by atoms with Gasteiger partial charge in [-0.15, -0.1) is 0 Å². The molecule has 11 atom stereocenters. The molecule has 0 aromatic rings. The lowest BCUT2D eigenvalue weighted by Gasteiger charge is -2.73. The van der Waals surface area contributed by atoms with E-state index in [-0.39, 0.29) is 45.3 Å². The van der Waals surface area contributed by atoms with Crippen molar-refractivity contribution in [2.75, 3.05) is 0 Å². The van der Waals surface area contributed by atoms with E-state index in [2.05, 4.69) is 62.0 Å². The molecule has 0 saturated heterocycles. The van der Waals surface area contributed by atoms with Crippen molar-refractivity contribution < 1.29 is 14.6 Å². The second kappa shape index (κ2) is 18.2. The highest BCUT2D eigenvalue weighted by Crippen LogP contribution is 2.77. The number of hydrogen-bond donors (Lipinski definition) is 1. The number of aliphatic hydroxyl groups is 1. The zero-order chi connectivity index (χ0) is 38.5. The van der Waals surface area contributed by atoms with Gasteiger partial charge in [0.25, 0.3) is 0 Å². The largest absolute Gasteiger partial charge is 0.462 e. The monoisotopic (exact) mass is 737 g/mol. The lowest BCUT2D eigenvalue weighted by Crippen LogP contribution is -2.68. The van der Waals surface area contributed by atoms with Gasteiger partial charge in [-0.05, 0) is 122 Å². The zero-order valence-electron chi connectivity index (χ0n) is 36.6. The Kier molecular flexibility index (Phi) is 14.9. The number of rotatable bonds is 20. The van der Waals surface area contributed by atoms with E-state index in [1.54, 1.807) is 0 Å². The Labute approximate surface area is 329 Å². The molecule has 1 N–H and O–H groups in total. The fourth-order valence-electron chi connectivity index (χ4n) is 14.9. The standard InChI is InChI=1S/C50H88O3/c1-10-11-12-13-14-15-16-17-18-19-20-21-22-23-24-25-26-27-44(52)53-43-32-34-47(6)40(46(43,4)5)31-35-49(8)41(47)29-28-39-45-38(37(2)3)30-33-48(45,7)42(51)36-50(39,49)9/h38-43,45,51H,2,10-36H2,1,3-9H3/t38-,39+,40-,41+,42-,43-,45+,47-,48+,49+,50+/m0/s1. The van der Waals surface area contributed by atoms with Crippen LogP contribution in [-0.2, 0) is 9.53 Å². The molecule has 5 rings (SSSR count). The molecule has 0 aromatic carbocycles. The lowest BCUT2D eigenvalue weighted by atomic mass is 9.32. The summed E-state index contributed by atoms with van der Waals surface area (Å²) in [5.74, 6) is 3.04. The number of ether oxygens (including phenoxy) is 1. The van der Waals surface area contributed by atoms with Crippen molar-refractivity contribution in [3.05, 3.63) is 12.2 Å².